The monoisotopic (exact) mass is 288 g/mol. The number of nitrogens with zero attached hydrogens (tertiary/aromatic N) is 1. The minimum Gasteiger partial charge on any atom is -0.477 e. The van der Waals surface area contributed by atoms with Crippen molar-refractivity contribution >= 4 is 35.6 Å². The summed E-state index contributed by atoms with van der Waals surface area (Å²) in [6, 6.07) is -0.923. The maximum Gasteiger partial charge on any atom is 0.343 e. The molecule has 1 unspecified atom stereocenters. The number of hydrogen-bond donors (Lipinski definition) is 8. The predicted octanol–water partition coefficient (Wildman–Crippen LogP) is -2.38. The summed E-state index contributed by atoms with van der Waals surface area (Å²) in [5, 5.41) is 25.9. The standard InChI is InChI=1S/C7H12N8O3S/c8-4(9)7(13-5(10)11)15(6(18)14-12)1-2(19-7)3(16)17/h1H,12H2,(H3,8,9)(H,14,18)(H,16,17)(H4,10,11,13). The van der Waals surface area contributed by atoms with Crippen molar-refractivity contribution < 1.29 is 14.7 Å². The minimum absolute atomic E-state index is 0.271. The van der Waals surface area contributed by atoms with Gasteiger partial charge in [0.05, 0.1) is 0 Å². The summed E-state index contributed by atoms with van der Waals surface area (Å²) in [5.41, 5.74) is 12.3. The van der Waals surface area contributed by atoms with Crippen LogP contribution in [-0.2, 0) is 4.79 Å². The molecule has 0 aromatic heterocycles. The van der Waals surface area contributed by atoms with E-state index in [0.29, 0.717) is 11.8 Å². The normalized spacial score (nSPS) is 21.5. The Morgan fingerprint density at radius 2 is 2.00 bits per heavy atom. The highest BCUT2D eigenvalue weighted by atomic mass is 32.2. The van der Waals surface area contributed by atoms with Crippen molar-refractivity contribution in [3.05, 3.63) is 11.1 Å². The molecule has 104 valence electrons. The van der Waals surface area contributed by atoms with Gasteiger partial charge in [0.15, 0.2) is 11.8 Å². The van der Waals surface area contributed by atoms with E-state index in [1.165, 1.54) is 0 Å². The number of thioether (sulfide) groups is 1. The molecule has 11 nitrogen and oxygen atoms in total. The summed E-state index contributed by atoms with van der Waals surface area (Å²) in [5.74, 6) is 2.43. The Morgan fingerprint density at radius 1 is 1.42 bits per heavy atom. The number of carboxylic acids is 1. The molecule has 19 heavy (non-hydrogen) atoms. The zero-order valence-corrected chi connectivity index (χ0v) is 10.2. The van der Waals surface area contributed by atoms with Crippen molar-refractivity contribution in [3.8, 4) is 0 Å². The summed E-state index contributed by atoms with van der Waals surface area (Å²) < 4.78 is 0. The molecule has 12 heteroatoms. The van der Waals surface area contributed by atoms with Crippen LogP contribution in [0.3, 0.4) is 0 Å². The maximum absolute atomic E-state index is 11.6. The van der Waals surface area contributed by atoms with Crippen molar-refractivity contribution in [1.82, 2.24) is 15.6 Å². The Kier molecular flexibility index (Phi) is 3.86. The molecular weight excluding hydrogens is 276 g/mol. The van der Waals surface area contributed by atoms with Gasteiger partial charge in [-0.15, -0.1) is 0 Å². The number of rotatable bonds is 3. The van der Waals surface area contributed by atoms with Gasteiger partial charge in [-0.1, -0.05) is 11.8 Å². The van der Waals surface area contributed by atoms with Crippen molar-refractivity contribution in [2.45, 2.75) is 4.99 Å². The number of hydrazine groups is 1. The third-order valence-electron chi connectivity index (χ3n) is 2.07. The van der Waals surface area contributed by atoms with E-state index in [0.717, 1.165) is 11.1 Å². The molecule has 0 aliphatic carbocycles. The molecule has 0 radical (unpaired) electrons. The van der Waals surface area contributed by atoms with Crippen LogP contribution in [0.2, 0.25) is 0 Å². The third-order valence-corrected chi connectivity index (χ3v) is 3.38. The maximum atomic E-state index is 11.6. The molecule has 1 rings (SSSR count). The van der Waals surface area contributed by atoms with Crippen LogP contribution in [0.4, 0.5) is 4.79 Å². The number of amidine groups is 1. The average Bonchev–Trinajstić information content (AvgIpc) is 2.68. The van der Waals surface area contributed by atoms with Gasteiger partial charge in [-0.3, -0.25) is 21.1 Å². The fourth-order valence-corrected chi connectivity index (χ4v) is 2.40. The molecule has 1 atom stereocenters. The van der Waals surface area contributed by atoms with Crippen molar-refractivity contribution in [3.63, 3.8) is 0 Å². The molecule has 0 bridgehead atoms. The molecule has 1 aliphatic rings. The predicted molar refractivity (Wildman–Crippen MR) is 67.6 cm³/mol. The fourth-order valence-electron chi connectivity index (χ4n) is 1.33. The molecule has 11 N–H and O–H groups in total. The second-order valence-electron chi connectivity index (χ2n) is 3.32. The number of nitrogens with two attached hydrogens (primary N) is 3. The summed E-state index contributed by atoms with van der Waals surface area (Å²) >= 11 is 0.544. The number of amides is 2. The van der Waals surface area contributed by atoms with Crippen LogP contribution in [0.25, 0.3) is 0 Å². The number of carboxylic acid groups (broad SMARTS) is 1. The molecule has 0 aromatic carbocycles. The van der Waals surface area contributed by atoms with Gasteiger partial charge < -0.3 is 21.9 Å². The highest BCUT2D eigenvalue weighted by molar-refractivity contribution is 8.06. The summed E-state index contributed by atoms with van der Waals surface area (Å²) in [6.07, 6.45) is 0.937. The first-order valence-electron chi connectivity index (χ1n) is 4.65. The average molecular weight is 288 g/mol. The van der Waals surface area contributed by atoms with Gasteiger partial charge in [0.25, 0.3) is 0 Å². The van der Waals surface area contributed by atoms with Crippen molar-refractivity contribution in [2.24, 2.45) is 17.3 Å². The van der Waals surface area contributed by atoms with Crippen LogP contribution >= 0.6 is 11.8 Å². The minimum atomic E-state index is -1.84. The van der Waals surface area contributed by atoms with E-state index in [9.17, 15) is 9.59 Å². The number of guanidine groups is 1. The highest BCUT2D eigenvalue weighted by Crippen LogP contribution is 2.40. The molecule has 0 aromatic rings. The Bertz CT molecular complexity index is 491. The first kappa shape index (κ1) is 14.6. The molecule has 2 amide bonds. The highest BCUT2D eigenvalue weighted by Gasteiger charge is 2.50. The number of aliphatic carboxylic acids is 1. The van der Waals surface area contributed by atoms with E-state index in [1.54, 1.807) is 5.43 Å². The first-order valence-corrected chi connectivity index (χ1v) is 5.47. The van der Waals surface area contributed by atoms with Gasteiger partial charge in [-0.2, -0.15) is 0 Å². The van der Waals surface area contributed by atoms with Crippen LogP contribution in [0.1, 0.15) is 0 Å². The smallest absolute Gasteiger partial charge is 0.343 e. The number of hydrogen-bond acceptors (Lipinski definition) is 6. The van der Waals surface area contributed by atoms with E-state index < -0.39 is 28.8 Å². The van der Waals surface area contributed by atoms with Gasteiger partial charge in [0.1, 0.15) is 4.91 Å². The van der Waals surface area contributed by atoms with Crippen LogP contribution in [0, 0.1) is 10.8 Å². The SMILES string of the molecule is N=C(N)NC1(C(=N)N)SC(C(=O)O)=CN1C(=O)NN. The van der Waals surface area contributed by atoms with E-state index in [1.807, 2.05) is 0 Å². The lowest BCUT2D eigenvalue weighted by Crippen LogP contribution is -2.66. The summed E-state index contributed by atoms with van der Waals surface area (Å²) in [7, 11) is 0. The van der Waals surface area contributed by atoms with E-state index in [2.05, 4.69) is 5.32 Å². The lowest BCUT2D eigenvalue weighted by molar-refractivity contribution is -0.131. The van der Waals surface area contributed by atoms with Gasteiger partial charge in [-0.25, -0.2) is 15.4 Å². The molecule has 0 fully saturated rings. The van der Waals surface area contributed by atoms with Crippen LogP contribution < -0.4 is 28.1 Å². The van der Waals surface area contributed by atoms with Gasteiger partial charge in [-0.05, 0) is 0 Å². The Balaban J connectivity index is 3.29. The fraction of sp³-hybridized carbons (Fsp3) is 0.143. The zero-order valence-electron chi connectivity index (χ0n) is 9.43. The summed E-state index contributed by atoms with van der Waals surface area (Å²) in [4.78, 5) is 21.2. The van der Waals surface area contributed by atoms with Gasteiger partial charge in [0, 0.05) is 6.20 Å². The van der Waals surface area contributed by atoms with Crippen molar-refractivity contribution in [2.75, 3.05) is 0 Å². The molecule has 0 saturated carbocycles. The second-order valence-corrected chi connectivity index (χ2v) is 4.55. The number of carbonyl (C=O) groups is 2. The Hall–Kier alpha value is -2.47. The quantitative estimate of drug-likeness (QED) is 0.0921. The van der Waals surface area contributed by atoms with Gasteiger partial charge >= 0.3 is 12.0 Å². The molecule has 1 aliphatic heterocycles. The molecule has 0 spiro atoms. The first-order chi connectivity index (χ1) is 8.74. The Labute approximate surface area is 111 Å². The Morgan fingerprint density at radius 3 is 2.37 bits per heavy atom. The van der Waals surface area contributed by atoms with E-state index in [4.69, 9.17) is 33.2 Å². The van der Waals surface area contributed by atoms with E-state index >= 15 is 0 Å². The summed E-state index contributed by atoms with van der Waals surface area (Å²) in [6.45, 7) is 0. The molecular formula is C7H12N8O3S. The van der Waals surface area contributed by atoms with Gasteiger partial charge in [0.2, 0.25) is 4.99 Å². The van der Waals surface area contributed by atoms with Crippen LogP contribution in [0.5, 0.6) is 0 Å². The lowest BCUT2D eigenvalue weighted by atomic mass is 10.3. The topological polar surface area (TPSA) is 207 Å². The molecule has 1 heterocycles. The second kappa shape index (κ2) is 5.03. The lowest BCUT2D eigenvalue weighted by Gasteiger charge is -2.35. The number of nitrogens with one attached hydrogen (secondary N) is 4. The largest absolute Gasteiger partial charge is 0.477 e. The van der Waals surface area contributed by atoms with Crippen LogP contribution in [0.15, 0.2) is 11.1 Å². The third kappa shape index (κ3) is 2.53. The molecule has 0 saturated heterocycles. The zero-order chi connectivity index (χ0) is 14.8. The van der Waals surface area contributed by atoms with E-state index in [-0.39, 0.29) is 4.91 Å². The number of urea groups is 1. The number of carbonyl (C=O) groups excluding carboxylic acids is 1. The van der Waals surface area contributed by atoms with Crippen LogP contribution in [-0.4, -0.2) is 38.8 Å². The van der Waals surface area contributed by atoms with Crippen molar-refractivity contribution in [1.29, 1.82) is 10.8 Å².